The number of hydrogen-bond donors (Lipinski definition) is 3. The smallest absolute Gasteiger partial charge is 0.0794 e. The van der Waals surface area contributed by atoms with Crippen molar-refractivity contribution in [3.63, 3.8) is 0 Å². The van der Waals surface area contributed by atoms with Gasteiger partial charge in [0, 0.05) is 18.7 Å². The number of aliphatic hydroxyl groups is 1. The number of aromatic amines is 1. The van der Waals surface area contributed by atoms with Crippen LogP contribution in [0, 0.1) is 5.92 Å². The minimum atomic E-state index is -0.304. The topological polar surface area (TPSA) is 60.9 Å². The lowest BCUT2D eigenvalue weighted by atomic mass is 10.1. The summed E-state index contributed by atoms with van der Waals surface area (Å²) in [5.74, 6) is 0.276. The Morgan fingerprint density at radius 1 is 1.50 bits per heavy atom. The molecule has 0 aromatic carbocycles. The van der Waals surface area contributed by atoms with E-state index >= 15 is 0 Å². The largest absolute Gasteiger partial charge is 0.392 e. The van der Waals surface area contributed by atoms with E-state index in [4.69, 9.17) is 0 Å². The van der Waals surface area contributed by atoms with E-state index in [9.17, 15) is 5.11 Å². The molecule has 0 amide bonds. The van der Waals surface area contributed by atoms with Gasteiger partial charge in [-0.15, -0.1) is 11.3 Å². The van der Waals surface area contributed by atoms with Crippen molar-refractivity contribution in [1.82, 2.24) is 15.5 Å². The van der Waals surface area contributed by atoms with Crippen LogP contribution in [0.15, 0.2) is 23.7 Å². The predicted molar refractivity (Wildman–Crippen MR) is 74.5 cm³/mol. The van der Waals surface area contributed by atoms with E-state index < -0.39 is 0 Å². The number of rotatable bonds is 6. The zero-order valence-electron chi connectivity index (χ0n) is 10.7. The first-order valence-electron chi connectivity index (χ1n) is 6.13. The highest BCUT2D eigenvalue weighted by atomic mass is 32.1. The number of hydrogen-bond acceptors (Lipinski definition) is 4. The normalized spacial score (nSPS) is 13.1. The molecule has 0 aliphatic rings. The molecule has 0 aliphatic carbocycles. The number of nitrogens with one attached hydrogen (secondary N) is 2. The molecule has 0 saturated carbocycles. The Labute approximate surface area is 111 Å². The van der Waals surface area contributed by atoms with Crippen molar-refractivity contribution >= 4 is 11.3 Å². The molecule has 1 unspecified atom stereocenters. The monoisotopic (exact) mass is 265 g/mol. The molecule has 2 aromatic heterocycles. The van der Waals surface area contributed by atoms with Gasteiger partial charge in [-0.2, -0.15) is 5.10 Å². The van der Waals surface area contributed by atoms with Crippen molar-refractivity contribution in [3.8, 4) is 10.6 Å². The SMILES string of the molecule is CC(C)C(O)CNCc1cn[nH]c1-c1cccs1. The summed E-state index contributed by atoms with van der Waals surface area (Å²) in [5, 5.41) is 22.2. The van der Waals surface area contributed by atoms with Crippen molar-refractivity contribution in [2.24, 2.45) is 5.92 Å². The summed E-state index contributed by atoms with van der Waals surface area (Å²) in [4.78, 5) is 1.19. The average molecular weight is 265 g/mol. The van der Waals surface area contributed by atoms with Crippen LogP contribution in [-0.4, -0.2) is 28.0 Å². The van der Waals surface area contributed by atoms with Crippen LogP contribution < -0.4 is 5.32 Å². The Kier molecular flexibility index (Phi) is 4.52. The zero-order valence-corrected chi connectivity index (χ0v) is 11.5. The third-order valence-corrected chi connectivity index (χ3v) is 3.81. The molecule has 1 atom stereocenters. The molecule has 3 N–H and O–H groups in total. The second kappa shape index (κ2) is 6.13. The second-order valence-electron chi connectivity index (χ2n) is 4.69. The van der Waals surface area contributed by atoms with Gasteiger partial charge in [0.1, 0.15) is 0 Å². The maximum absolute atomic E-state index is 9.72. The molecule has 0 fully saturated rings. The zero-order chi connectivity index (χ0) is 13.0. The Balaban J connectivity index is 1.93. The average Bonchev–Trinajstić information content (AvgIpc) is 2.98. The highest BCUT2D eigenvalue weighted by Crippen LogP contribution is 2.25. The molecule has 0 saturated heterocycles. The van der Waals surface area contributed by atoms with Crippen molar-refractivity contribution < 1.29 is 5.11 Å². The van der Waals surface area contributed by atoms with Gasteiger partial charge in [0.05, 0.1) is 22.9 Å². The van der Waals surface area contributed by atoms with Gasteiger partial charge >= 0.3 is 0 Å². The molecule has 0 aliphatic heterocycles. The van der Waals surface area contributed by atoms with Crippen LogP contribution in [0.2, 0.25) is 0 Å². The van der Waals surface area contributed by atoms with Gasteiger partial charge < -0.3 is 10.4 Å². The molecular formula is C13H19N3OS. The molecule has 2 aromatic rings. The molecule has 0 spiro atoms. The molecule has 98 valence electrons. The molecule has 2 heterocycles. The predicted octanol–water partition coefficient (Wildman–Crippen LogP) is 2.24. The van der Waals surface area contributed by atoms with E-state index in [2.05, 4.69) is 27.0 Å². The lowest BCUT2D eigenvalue weighted by Crippen LogP contribution is -2.30. The maximum atomic E-state index is 9.72. The summed E-state index contributed by atoms with van der Waals surface area (Å²) in [6.07, 6.45) is 1.53. The Hall–Kier alpha value is -1.17. The van der Waals surface area contributed by atoms with Gasteiger partial charge in [0.2, 0.25) is 0 Å². The minimum Gasteiger partial charge on any atom is -0.392 e. The highest BCUT2D eigenvalue weighted by molar-refractivity contribution is 7.13. The van der Waals surface area contributed by atoms with E-state index in [0.29, 0.717) is 13.1 Å². The minimum absolute atomic E-state index is 0.276. The van der Waals surface area contributed by atoms with Crippen molar-refractivity contribution in [2.45, 2.75) is 26.5 Å². The summed E-state index contributed by atoms with van der Waals surface area (Å²) >= 11 is 1.69. The lowest BCUT2D eigenvalue weighted by Gasteiger charge is -2.14. The van der Waals surface area contributed by atoms with Gasteiger partial charge in [0.15, 0.2) is 0 Å². The summed E-state index contributed by atoms with van der Waals surface area (Å²) in [6, 6.07) is 4.10. The molecule has 0 bridgehead atoms. The van der Waals surface area contributed by atoms with E-state index in [1.165, 1.54) is 4.88 Å². The molecule has 18 heavy (non-hydrogen) atoms. The lowest BCUT2D eigenvalue weighted by molar-refractivity contribution is 0.123. The Morgan fingerprint density at radius 2 is 2.33 bits per heavy atom. The fraction of sp³-hybridized carbons (Fsp3) is 0.462. The van der Waals surface area contributed by atoms with Crippen molar-refractivity contribution in [1.29, 1.82) is 0 Å². The number of H-pyrrole nitrogens is 1. The third-order valence-electron chi connectivity index (χ3n) is 2.92. The first kappa shape index (κ1) is 13.3. The van der Waals surface area contributed by atoms with E-state index in [1.807, 2.05) is 26.1 Å². The van der Waals surface area contributed by atoms with Crippen LogP contribution in [0.25, 0.3) is 10.6 Å². The maximum Gasteiger partial charge on any atom is 0.0794 e. The van der Waals surface area contributed by atoms with Gasteiger partial charge in [-0.05, 0) is 17.4 Å². The fourth-order valence-corrected chi connectivity index (χ4v) is 2.43. The summed E-state index contributed by atoms with van der Waals surface area (Å²) in [6.45, 7) is 5.35. The van der Waals surface area contributed by atoms with Gasteiger partial charge in [-0.25, -0.2) is 0 Å². The van der Waals surface area contributed by atoms with Crippen LogP contribution in [0.3, 0.4) is 0 Å². The van der Waals surface area contributed by atoms with E-state index in [-0.39, 0.29) is 12.0 Å². The first-order valence-corrected chi connectivity index (χ1v) is 7.01. The standard InChI is InChI=1S/C13H19N3OS/c1-9(2)11(17)8-14-6-10-7-15-16-13(10)12-4-3-5-18-12/h3-5,7,9,11,14,17H,6,8H2,1-2H3,(H,15,16). The Bertz CT molecular complexity index is 464. The van der Waals surface area contributed by atoms with Gasteiger partial charge in [-0.3, -0.25) is 5.10 Å². The number of thiophene rings is 1. The van der Waals surface area contributed by atoms with Crippen LogP contribution in [0.1, 0.15) is 19.4 Å². The third kappa shape index (κ3) is 3.19. The van der Waals surface area contributed by atoms with Crippen LogP contribution in [0.5, 0.6) is 0 Å². The summed E-state index contributed by atoms with van der Waals surface area (Å²) in [5.41, 5.74) is 2.20. The number of nitrogens with zero attached hydrogens (tertiary/aromatic N) is 1. The second-order valence-corrected chi connectivity index (χ2v) is 5.64. The fourth-order valence-electron chi connectivity index (χ4n) is 1.67. The molecule has 2 rings (SSSR count). The van der Waals surface area contributed by atoms with Crippen LogP contribution in [-0.2, 0) is 6.54 Å². The van der Waals surface area contributed by atoms with Gasteiger partial charge in [-0.1, -0.05) is 19.9 Å². The number of aromatic nitrogens is 2. The van der Waals surface area contributed by atoms with E-state index in [1.54, 1.807) is 11.3 Å². The highest BCUT2D eigenvalue weighted by Gasteiger charge is 2.11. The molecule has 0 radical (unpaired) electrons. The number of aliphatic hydroxyl groups excluding tert-OH is 1. The van der Waals surface area contributed by atoms with E-state index in [0.717, 1.165) is 11.3 Å². The van der Waals surface area contributed by atoms with Crippen LogP contribution >= 0.6 is 11.3 Å². The molecule has 4 nitrogen and oxygen atoms in total. The molecule has 5 heteroatoms. The molecular weight excluding hydrogens is 246 g/mol. The van der Waals surface area contributed by atoms with Crippen LogP contribution in [0.4, 0.5) is 0 Å². The quantitative estimate of drug-likeness (QED) is 0.750. The Morgan fingerprint density at radius 3 is 3.00 bits per heavy atom. The van der Waals surface area contributed by atoms with Gasteiger partial charge in [0.25, 0.3) is 0 Å². The first-order chi connectivity index (χ1) is 8.68. The van der Waals surface area contributed by atoms with Crippen molar-refractivity contribution in [3.05, 3.63) is 29.3 Å². The summed E-state index contributed by atoms with van der Waals surface area (Å²) < 4.78 is 0. The summed E-state index contributed by atoms with van der Waals surface area (Å²) in [7, 11) is 0. The van der Waals surface area contributed by atoms with Crippen molar-refractivity contribution in [2.75, 3.05) is 6.54 Å².